The van der Waals surface area contributed by atoms with Crippen molar-refractivity contribution in [2.45, 2.75) is 13.0 Å². The van der Waals surface area contributed by atoms with Gasteiger partial charge in [0.1, 0.15) is 0 Å². The summed E-state index contributed by atoms with van der Waals surface area (Å²) in [4.78, 5) is 15.8. The van der Waals surface area contributed by atoms with Gasteiger partial charge >= 0.3 is 0 Å². The van der Waals surface area contributed by atoms with Crippen molar-refractivity contribution >= 4 is 11.9 Å². The van der Waals surface area contributed by atoms with E-state index in [4.69, 9.17) is 9.47 Å². The van der Waals surface area contributed by atoms with Crippen LogP contribution in [0.3, 0.4) is 0 Å². The molecule has 1 rings (SSSR count). The van der Waals surface area contributed by atoms with Crippen LogP contribution < -0.4 is 16.0 Å². The van der Waals surface area contributed by atoms with Gasteiger partial charge in [-0.3, -0.25) is 9.79 Å². The number of carbonyl (C=O) groups excluding carboxylic acids is 1. The van der Waals surface area contributed by atoms with Gasteiger partial charge in [-0.2, -0.15) is 0 Å². The molecule has 0 fully saturated rings. The molecule has 24 heavy (non-hydrogen) atoms. The SMILES string of the molecule is CN=C(NCCCOCCOC)NCc1cccc(C(=O)NC)c1. The smallest absolute Gasteiger partial charge is 0.251 e. The largest absolute Gasteiger partial charge is 0.382 e. The standard InChI is InChI=1S/C17H28N4O3/c1-18-16(22)15-7-4-6-14(12-15)13-21-17(19-2)20-8-5-9-24-11-10-23-3/h4,6-7,12H,5,8-11,13H2,1-3H3,(H,18,22)(H2,19,20,21). The number of hydrogen-bond acceptors (Lipinski definition) is 4. The number of carbonyl (C=O) groups is 1. The molecule has 0 aliphatic rings. The van der Waals surface area contributed by atoms with Gasteiger partial charge in [0.05, 0.1) is 13.2 Å². The van der Waals surface area contributed by atoms with Gasteiger partial charge in [-0.15, -0.1) is 0 Å². The van der Waals surface area contributed by atoms with Crippen molar-refractivity contribution in [2.24, 2.45) is 4.99 Å². The van der Waals surface area contributed by atoms with Crippen LogP contribution >= 0.6 is 0 Å². The highest BCUT2D eigenvalue weighted by molar-refractivity contribution is 5.94. The number of guanidine groups is 1. The molecular weight excluding hydrogens is 308 g/mol. The lowest BCUT2D eigenvalue weighted by molar-refractivity contribution is 0.0698. The van der Waals surface area contributed by atoms with Crippen LogP contribution in [0.2, 0.25) is 0 Å². The predicted octanol–water partition coefficient (Wildman–Crippen LogP) is 0.764. The molecule has 7 nitrogen and oxygen atoms in total. The average molecular weight is 336 g/mol. The van der Waals surface area contributed by atoms with Crippen LogP contribution in [-0.2, 0) is 16.0 Å². The molecule has 0 saturated carbocycles. The Morgan fingerprint density at radius 1 is 1.21 bits per heavy atom. The minimum atomic E-state index is -0.0900. The van der Waals surface area contributed by atoms with E-state index in [9.17, 15) is 4.79 Å². The lowest BCUT2D eigenvalue weighted by Crippen LogP contribution is -2.37. The number of rotatable bonds is 10. The van der Waals surface area contributed by atoms with Gasteiger partial charge in [0.2, 0.25) is 0 Å². The predicted molar refractivity (Wildman–Crippen MR) is 95.3 cm³/mol. The van der Waals surface area contributed by atoms with Crippen molar-refractivity contribution in [2.75, 3.05) is 47.6 Å². The molecule has 0 heterocycles. The summed E-state index contributed by atoms with van der Waals surface area (Å²) < 4.78 is 10.3. The summed E-state index contributed by atoms with van der Waals surface area (Å²) >= 11 is 0. The lowest BCUT2D eigenvalue weighted by Gasteiger charge is -2.12. The fourth-order valence-corrected chi connectivity index (χ4v) is 2.00. The fraction of sp³-hybridized carbons (Fsp3) is 0.529. The van der Waals surface area contributed by atoms with Crippen molar-refractivity contribution in [3.63, 3.8) is 0 Å². The van der Waals surface area contributed by atoms with Crippen LogP contribution in [-0.4, -0.2) is 59.4 Å². The van der Waals surface area contributed by atoms with Gasteiger partial charge in [0.25, 0.3) is 5.91 Å². The minimum absolute atomic E-state index is 0.0900. The third kappa shape index (κ3) is 7.94. The zero-order valence-corrected chi connectivity index (χ0v) is 14.7. The lowest BCUT2D eigenvalue weighted by atomic mass is 10.1. The Kier molecular flexibility index (Phi) is 10.2. The maximum atomic E-state index is 11.6. The van der Waals surface area contributed by atoms with Gasteiger partial charge in [-0.05, 0) is 24.1 Å². The number of ether oxygens (including phenoxy) is 2. The second-order valence-electron chi connectivity index (χ2n) is 5.09. The summed E-state index contributed by atoms with van der Waals surface area (Å²) in [6, 6.07) is 7.49. The van der Waals surface area contributed by atoms with E-state index in [1.54, 1.807) is 27.3 Å². The first kappa shape index (κ1) is 19.9. The van der Waals surface area contributed by atoms with Crippen LogP contribution in [0.25, 0.3) is 0 Å². The quantitative estimate of drug-likeness (QED) is 0.334. The summed E-state index contributed by atoms with van der Waals surface area (Å²) in [6.45, 7) is 3.28. The van der Waals surface area contributed by atoms with E-state index in [1.165, 1.54) is 0 Å². The van der Waals surface area contributed by atoms with Gasteiger partial charge < -0.3 is 25.4 Å². The van der Waals surface area contributed by atoms with E-state index >= 15 is 0 Å². The monoisotopic (exact) mass is 336 g/mol. The summed E-state index contributed by atoms with van der Waals surface area (Å²) in [7, 11) is 5.01. The van der Waals surface area contributed by atoms with Gasteiger partial charge in [-0.25, -0.2) is 0 Å². The summed E-state index contributed by atoms with van der Waals surface area (Å²) in [6.07, 6.45) is 0.885. The molecule has 0 aliphatic carbocycles. The zero-order valence-electron chi connectivity index (χ0n) is 14.7. The summed E-state index contributed by atoms with van der Waals surface area (Å²) in [5, 5.41) is 9.08. The highest BCUT2D eigenvalue weighted by Crippen LogP contribution is 2.05. The molecule has 0 bridgehead atoms. The maximum Gasteiger partial charge on any atom is 0.251 e. The molecule has 1 amide bonds. The van der Waals surface area contributed by atoms with Gasteiger partial charge in [0, 0.05) is 46.5 Å². The van der Waals surface area contributed by atoms with Gasteiger partial charge in [-0.1, -0.05) is 12.1 Å². The van der Waals surface area contributed by atoms with Crippen molar-refractivity contribution in [3.8, 4) is 0 Å². The van der Waals surface area contributed by atoms with Crippen LogP contribution in [0.15, 0.2) is 29.3 Å². The molecule has 0 aliphatic heterocycles. The number of methoxy groups -OCH3 is 1. The molecular formula is C17H28N4O3. The van der Waals surface area contributed by atoms with Crippen LogP contribution in [0.5, 0.6) is 0 Å². The Morgan fingerprint density at radius 3 is 2.75 bits per heavy atom. The van der Waals surface area contributed by atoms with Crippen molar-refractivity contribution in [1.82, 2.24) is 16.0 Å². The first-order valence-electron chi connectivity index (χ1n) is 8.03. The Bertz CT molecular complexity index is 520. The van der Waals surface area contributed by atoms with Crippen LogP contribution in [0.1, 0.15) is 22.3 Å². The average Bonchev–Trinajstić information content (AvgIpc) is 2.63. The molecule has 0 atom stereocenters. The molecule has 0 spiro atoms. The molecule has 0 radical (unpaired) electrons. The molecule has 0 unspecified atom stereocenters. The summed E-state index contributed by atoms with van der Waals surface area (Å²) in [5.74, 6) is 0.630. The summed E-state index contributed by atoms with van der Waals surface area (Å²) in [5.41, 5.74) is 1.66. The molecule has 134 valence electrons. The van der Waals surface area contributed by atoms with Crippen molar-refractivity contribution in [1.29, 1.82) is 0 Å². The molecule has 0 saturated heterocycles. The van der Waals surface area contributed by atoms with Crippen molar-refractivity contribution in [3.05, 3.63) is 35.4 Å². The van der Waals surface area contributed by atoms with E-state index in [0.717, 1.165) is 24.5 Å². The molecule has 0 aromatic heterocycles. The van der Waals surface area contributed by atoms with Crippen LogP contribution in [0.4, 0.5) is 0 Å². The Hall–Kier alpha value is -2.12. The molecule has 1 aromatic carbocycles. The zero-order chi connectivity index (χ0) is 17.6. The van der Waals surface area contributed by atoms with Crippen molar-refractivity contribution < 1.29 is 14.3 Å². The fourth-order valence-electron chi connectivity index (χ4n) is 2.00. The molecule has 1 aromatic rings. The number of aliphatic imine (C=N–C) groups is 1. The number of nitrogens with zero attached hydrogens (tertiary/aromatic N) is 1. The van der Waals surface area contributed by atoms with E-state index in [-0.39, 0.29) is 5.91 Å². The van der Waals surface area contributed by atoms with Gasteiger partial charge in [0.15, 0.2) is 5.96 Å². The first-order valence-corrected chi connectivity index (χ1v) is 8.03. The number of amides is 1. The number of nitrogens with one attached hydrogen (secondary N) is 3. The van der Waals surface area contributed by atoms with Crippen LogP contribution in [0, 0.1) is 0 Å². The Labute approximate surface area is 143 Å². The third-order valence-electron chi connectivity index (χ3n) is 3.29. The van der Waals surface area contributed by atoms with E-state index in [1.807, 2.05) is 18.2 Å². The normalized spacial score (nSPS) is 11.2. The molecule has 7 heteroatoms. The molecule has 3 N–H and O–H groups in total. The number of benzene rings is 1. The van der Waals surface area contributed by atoms with E-state index in [0.29, 0.717) is 31.9 Å². The Morgan fingerprint density at radius 2 is 2.04 bits per heavy atom. The second kappa shape index (κ2) is 12.3. The Balaban J connectivity index is 2.30. The highest BCUT2D eigenvalue weighted by atomic mass is 16.5. The first-order chi connectivity index (χ1) is 11.7. The topological polar surface area (TPSA) is 84.0 Å². The van der Waals surface area contributed by atoms with E-state index in [2.05, 4.69) is 20.9 Å². The second-order valence-corrected chi connectivity index (χ2v) is 5.09. The number of hydrogen-bond donors (Lipinski definition) is 3. The maximum absolute atomic E-state index is 11.6. The third-order valence-corrected chi connectivity index (χ3v) is 3.29. The highest BCUT2D eigenvalue weighted by Gasteiger charge is 2.04. The van der Waals surface area contributed by atoms with E-state index < -0.39 is 0 Å². The minimum Gasteiger partial charge on any atom is -0.382 e.